The summed E-state index contributed by atoms with van der Waals surface area (Å²) in [4.78, 5) is 27.3. The Morgan fingerprint density at radius 2 is 1.16 bits per heavy atom. The van der Waals surface area contributed by atoms with Crippen molar-refractivity contribution in [2.45, 2.75) is 20.4 Å². The first-order chi connectivity index (χ1) is 15.5. The van der Waals surface area contributed by atoms with Gasteiger partial charge in [-0.25, -0.2) is 0 Å². The number of nitrogens with one attached hydrogen (secondary N) is 2. The molecule has 6 heteroatoms. The quantitative estimate of drug-likeness (QED) is 0.498. The molecule has 32 heavy (non-hydrogen) atoms. The van der Waals surface area contributed by atoms with E-state index in [1.54, 1.807) is 55.6 Å². The van der Waals surface area contributed by atoms with Gasteiger partial charge in [0.2, 0.25) is 0 Å². The zero-order chi connectivity index (χ0) is 22.9. The Labute approximate surface area is 189 Å². The first kappa shape index (κ1) is 23.0. The first-order valence-corrected chi connectivity index (χ1v) is 10.7. The van der Waals surface area contributed by atoms with Crippen LogP contribution < -0.4 is 15.4 Å². The van der Waals surface area contributed by atoms with Gasteiger partial charge in [-0.15, -0.1) is 0 Å². The summed E-state index contributed by atoms with van der Waals surface area (Å²) >= 11 is 0. The molecular weight excluding hydrogens is 402 g/mol. The van der Waals surface area contributed by atoms with Gasteiger partial charge in [0.25, 0.3) is 11.8 Å². The number of carbonyl (C=O) groups is 2. The molecule has 0 aliphatic rings. The summed E-state index contributed by atoms with van der Waals surface area (Å²) in [6, 6.07) is 21.6. The van der Waals surface area contributed by atoms with Crippen molar-refractivity contribution >= 4 is 23.2 Å². The van der Waals surface area contributed by atoms with E-state index in [1.165, 1.54) is 5.56 Å². The molecule has 6 nitrogen and oxygen atoms in total. The number of amides is 2. The highest BCUT2D eigenvalue weighted by molar-refractivity contribution is 6.06. The van der Waals surface area contributed by atoms with Gasteiger partial charge in [-0.3, -0.25) is 14.5 Å². The second-order valence-electron chi connectivity index (χ2n) is 7.37. The van der Waals surface area contributed by atoms with Crippen LogP contribution >= 0.6 is 0 Å². The zero-order valence-electron chi connectivity index (χ0n) is 18.7. The molecule has 0 aliphatic carbocycles. The van der Waals surface area contributed by atoms with Crippen LogP contribution in [0.1, 0.15) is 40.1 Å². The van der Waals surface area contributed by atoms with Crippen molar-refractivity contribution in [3.63, 3.8) is 0 Å². The van der Waals surface area contributed by atoms with E-state index in [9.17, 15) is 9.59 Å². The van der Waals surface area contributed by atoms with E-state index in [0.29, 0.717) is 22.5 Å². The van der Waals surface area contributed by atoms with Gasteiger partial charge in [0.15, 0.2) is 0 Å². The molecule has 0 heterocycles. The minimum atomic E-state index is -0.225. The lowest BCUT2D eigenvalue weighted by atomic mass is 10.1. The monoisotopic (exact) mass is 431 g/mol. The third-order valence-corrected chi connectivity index (χ3v) is 5.27. The van der Waals surface area contributed by atoms with Crippen LogP contribution in [0, 0.1) is 0 Å². The number of benzene rings is 3. The number of nitrogens with zero attached hydrogens (tertiary/aromatic N) is 1. The number of carbonyl (C=O) groups excluding carboxylic acids is 2. The van der Waals surface area contributed by atoms with E-state index in [1.807, 2.05) is 24.3 Å². The third-order valence-electron chi connectivity index (χ3n) is 5.27. The van der Waals surface area contributed by atoms with Crippen LogP contribution in [0.25, 0.3) is 0 Å². The van der Waals surface area contributed by atoms with E-state index in [4.69, 9.17) is 4.74 Å². The Bertz CT molecular complexity index is 1030. The molecule has 0 radical (unpaired) electrons. The molecule has 0 fully saturated rings. The van der Waals surface area contributed by atoms with Gasteiger partial charge < -0.3 is 15.4 Å². The standard InChI is InChI=1S/C26H29N3O3/c1-4-29(5-2)18-19-6-8-20(9-7-19)25(30)27-22-12-10-21(11-13-22)26(31)28-23-14-16-24(32-3)17-15-23/h6-17H,4-5,18H2,1-3H3,(H,27,30)(H,28,31). The maximum atomic E-state index is 12.6. The van der Waals surface area contributed by atoms with E-state index in [2.05, 4.69) is 29.4 Å². The van der Waals surface area contributed by atoms with Crippen molar-refractivity contribution in [2.24, 2.45) is 0 Å². The number of rotatable bonds is 9. The number of methoxy groups -OCH3 is 1. The molecule has 0 aliphatic heterocycles. The van der Waals surface area contributed by atoms with Gasteiger partial charge in [0.05, 0.1) is 7.11 Å². The highest BCUT2D eigenvalue weighted by Gasteiger charge is 2.10. The molecular formula is C26H29N3O3. The molecule has 0 saturated carbocycles. The largest absolute Gasteiger partial charge is 0.497 e. The Morgan fingerprint density at radius 1 is 0.719 bits per heavy atom. The molecule has 2 amide bonds. The van der Waals surface area contributed by atoms with Gasteiger partial charge in [-0.2, -0.15) is 0 Å². The van der Waals surface area contributed by atoms with Crippen LogP contribution in [0.15, 0.2) is 72.8 Å². The minimum absolute atomic E-state index is 0.185. The molecule has 166 valence electrons. The van der Waals surface area contributed by atoms with Crippen molar-refractivity contribution < 1.29 is 14.3 Å². The van der Waals surface area contributed by atoms with Gasteiger partial charge >= 0.3 is 0 Å². The molecule has 0 unspecified atom stereocenters. The van der Waals surface area contributed by atoms with Crippen LogP contribution in [0.5, 0.6) is 5.75 Å². The lowest BCUT2D eigenvalue weighted by Crippen LogP contribution is -2.22. The zero-order valence-corrected chi connectivity index (χ0v) is 18.7. The summed E-state index contributed by atoms with van der Waals surface area (Å²) < 4.78 is 5.12. The Balaban J connectivity index is 1.57. The van der Waals surface area contributed by atoms with Gasteiger partial charge in [0, 0.05) is 29.0 Å². The fourth-order valence-electron chi connectivity index (χ4n) is 3.25. The van der Waals surface area contributed by atoms with Gasteiger partial charge in [-0.1, -0.05) is 26.0 Å². The number of anilines is 2. The average Bonchev–Trinajstić information content (AvgIpc) is 2.83. The lowest BCUT2D eigenvalue weighted by molar-refractivity contribution is 0.102. The van der Waals surface area contributed by atoms with Gasteiger partial charge in [0.1, 0.15) is 5.75 Å². The summed E-state index contributed by atoms with van der Waals surface area (Å²) in [7, 11) is 1.59. The third kappa shape index (κ3) is 6.18. The summed E-state index contributed by atoms with van der Waals surface area (Å²) in [5.74, 6) is 0.313. The fourth-order valence-corrected chi connectivity index (χ4v) is 3.25. The maximum absolute atomic E-state index is 12.6. The SMILES string of the molecule is CCN(CC)Cc1ccc(C(=O)Nc2ccc(C(=O)Nc3ccc(OC)cc3)cc2)cc1. The van der Waals surface area contributed by atoms with Crippen LogP contribution in [0.3, 0.4) is 0 Å². The first-order valence-electron chi connectivity index (χ1n) is 10.7. The van der Waals surface area contributed by atoms with Crippen molar-refractivity contribution in [2.75, 3.05) is 30.8 Å². The summed E-state index contributed by atoms with van der Waals surface area (Å²) in [6.07, 6.45) is 0. The molecule has 3 aromatic rings. The molecule has 0 atom stereocenters. The molecule has 0 spiro atoms. The van der Waals surface area contributed by atoms with Crippen LogP contribution in [-0.4, -0.2) is 36.9 Å². The number of hydrogen-bond donors (Lipinski definition) is 2. The summed E-state index contributed by atoms with van der Waals surface area (Å²) in [6.45, 7) is 7.13. The van der Waals surface area contributed by atoms with Crippen molar-refractivity contribution in [3.8, 4) is 5.75 Å². The molecule has 0 aromatic heterocycles. The normalized spacial score (nSPS) is 10.6. The Hall–Kier alpha value is -3.64. The smallest absolute Gasteiger partial charge is 0.255 e. The van der Waals surface area contributed by atoms with E-state index < -0.39 is 0 Å². The molecule has 0 saturated heterocycles. The second-order valence-corrected chi connectivity index (χ2v) is 7.37. The Morgan fingerprint density at radius 3 is 1.59 bits per heavy atom. The fraction of sp³-hybridized carbons (Fsp3) is 0.231. The van der Waals surface area contributed by atoms with Crippen LogP contribution in [0.2, 0.25) is 0 Å². The lowest BCUT2D eigenvalue weighted by Gasteiger charge is -2.18. The van der Waals surface area contributed by atoms with E-state index in [-0.39, 0.29) is 11.8 Å². The van der Waals surface area contributed by atoms with Crippen LogP contribution in [0.4, 0.5) is 11.4 Å². The van der Waals surface area contributed by atoms with Crippen molar-refractivity contribution in [1.29, 1.82) is 0 Å². The molecule has 3 aromatic carbocycles. The highest BCUT2D eigenvalue weighted by Crippen LogP contribution is 2.17. The number of hydrogen-bond acceptors (Lipinski definition) is 4. The highest BCUT2D eigenvalue weighted by atomic mass is 16.5. The van der Waals surface area contributed by atoms with Gasteiger partial charge in [-0.05, 0) is 79.3 Å². The molecule has 0 bridgehead atoms. The molecule has 2 N–H and O–H groups in total. The minimum Gasteiger partial charge on any atom is -0.497 e. The predicted octanol–water partition coefficient (Wildman–Crippen LogP) is 5.04. The van der Waals surface area contributed by atoms with Crippen molar-refractivity contribution in [3.05, 3.63) is 89.5 Å². The Kier molecular flexibility index (Phi) is 8.00. The maximum Gasteiger partial charge on any atom is 0.255 e. The number of ether oxygens (including phenoxy) is 1. The topological polar surface area (TPSA) is 70.7 Å². The van der Waals surface area contributed by atoms with Crippen molar-refractivity contribution in [1.82, 2.24) is 4.90 Å². The molecule has 3 rings (SSSR count). The van der Waals surface area contributed by atoms with Crippen LogP contribution in [-0.2, 0) is 6.54 Å². The van der Waals surface area contributed by atoms with E-state index in [0.717, 1.165) is 25.4 Å². The summed E-state index contributed by atoms with van der Waals surface area (Å²) in [5, 5.41) is 5.71. The summed E-state index contributed by atoms with van der Waals surface area (Å²) in [5.41, 5.74) is 3.58. The predicted molar refractivity (Wildman–Crippen MR) is 128 cm³/mol. The second kappa shape index (κ2) is 11.1. The average molecular weight is 432 g/mol. The van der Waals surface area contributed by atoms with E-state index >= 15 is 0 Å².